The Hall–Kier alpha value is -3.24. The zero-order valence-electron chi connectivity index (χ0n) is 17.6. The molecule has 31 heavy (non-hydrogen) atoms. The van der Waals surface area contributed by atoms with Crippen LogP contribution in [0.4, 0.5) is 0 Å². The first-order chi connectivity index (χ1) is 15.1. The number of benzene rings is 3. The third-order valence-electron chi connectivity index (χ3n) is 5.25. The van der Waals surface area contributed by atoms with E-state index in [4.69, 9.17) is 21.1 Å². The molecule has 0 bridgehead atoms. The van der Waals surface area contributed by atoms with Gasteiger partial charge in [-0.3, -0.25) is 4.79 Å². The number of methoxy groups -OCH3 is 1. The molecular formula is C26H24ClNO3. The molecule has 0 aliphatic heterocycles. The highest BCUT2D eigenvalue weighted by Gasteiger charge is 2.18. The summed E-state index contributed by atoms with van der Waals surface area (Å²) in [5, 5.41) is 1.53. The predicted molar refractivity (Wildman–Crippen MR) is 125 cm³/mol. The number of aryl methyl sites for hydroxylation is 1. The molecular weight excluding hydrogens is 410 g/mol. The van der Waals surface area contributed by atoms with Gasteiger partial charge in [-0.1, -0.05) is 24.9 Å². The number of aromatic nitrogens is 1. The number of ether oxygens (including phenoxy) is 2. The first-order valence-corrected chi connectivity index (χ1v) is 10.7. The Morgan fingerprint density at radius 1 is 0.935 bits per heavy atom. The normalized spacial score (nSPS) is 10.9. The lowest BCUT2D eigenvalue weighted by Crippen LogP contribution is -2.01. The molecule has 0 atom stereocenters. The lowest BCUT2D eigenvalue weighted by molar-refractivity contribution is 0.104. The Morgan fingerprint density at radius 3 is 2.29 bits per heavy atom. The average molecular weight is 434 g/mol. The zero-order valence-corrected chi connectivity index (χ0v) is 18.4. The Morgan fingerprint density at radius 2 is 1.61 bits per heavy atom. The van der Waals surface area contributed by atoms with Crippen molar-refractivity contribution in [2.45, 2.75) is 26.3 Å². The fourth-order valence-corrected chi connectivity index (χ4v) is 3.70. The van der Waals surface area contributed by atoms with Crippen LogP contribution in [0.2, 0.25) is 5.02 Å². The topological polar surface area (TPSA) is 40.5 Å². The van der Waals surface area contributed by atoms with Crippen LogP contribution in [0, 0.1) is 0 Å². The number of unbranched alkanes of at least 4 members (excludes halogenated alkanes) is 1. The summed E-state index contributed by atoms with van der Waals surface area (Å²) in [5.41, 5.74) is 2.31. The lowest BCUT2D eigenvalue weighted by atomic mass is 10.0. The molecule has 1 aromatic heterocycles. The smallest absolute Gasteiger partial charge is 0.195 e. The van der Waals surface area contributed by atoms with Gasteiger partial charge in [0.2, 0.25) is 0 Å². The number of hydrogen-bond donors (Lipinski definition) is 0. The highest BCUT2D eigenvalue weighted by molar-refractivity contribution is 6.30. The van der Waals surface area contributed by atoms with E-state index in [9.17, 15) is 4.79 Å². The average Bonchev–Trinajstić information content (AvgIpc) is 3.16. The first-order valence-electron chi connectivity index (χ1n) is 10.3. The van der Waals surface area contributed by atoms with E-state index in [0.29, 0.717) is 27.6 Å². The van der Waals surface area contributed by atoms with Crippen LogP contribution in [-0.2, 0) is 6.54 Å². The highest BCUT2D eigenvalue weighted by Crippen LogP contribution is 2.31. The number of carbonyl (C=O) groups excluding carboxylic acids is 1. The van der Waals surface area contributed by atoms with Crippen molar-refractivity contribution >= 4 is 28.3 Å². The molecule has 0 aliphatic carbocycles. The van der Waals surface area contributed by atoms with Crippen LogP contribution in [0.3, 0.4) is 0 Å². The molecule has 158 valence electrons. The number of halogens is 1. The molecule has 0 N–H and O–H groups in total. The number of ketones is 1. The zero-order chi connectivity index (χ0) is 21.8. The van der Waals surface area contributed by atoms with Crippen LogP contribution >= 0.6 is 11.6 Å². The van der Waals surface area contributed by atoms with Crippen molar-refractivity contribution in [3.05, 3.63) is 89.1 Å². The fourth-order valence-electron chi connectivity index (χ4n) is 3.57. The maximum Gasteiger partial charge on any atom is 0.195 e. The number of nitrogens with zero attached hydrogens (tertiary/aromatic N) is 1. The van der Waals surface area contributed by atoms with E-state index in [1.807, 2.05) is 36.5 Å². The lowest BCUT2D eigenvalue weighted by Gasteiger charge is -2.08. The molecule has 0 fully saturated rings. The summed E-state index contributed by atoms with van der Waals surface area (Å²) in [4.78, 5) is 13.3. The van der Waals surface area contributed by atoms with Gasteiger partial charge in [0.15, 0.2) is 5.78 Å². The Labute approximate surface area is 187 Å². The quantitative estimate of drug-likeness (QED) is 0.277. The van der Waals surface area contributed by atoms with E-state index in [0.717, 1.165) is 36.0 Å². The van der Waals surface area contributed by atoms with Gasteiger partial charge in [-0.2, -0.15) is 0 Å². The Kier molecular flexibility index (Phi) is 6.28. The molecule has 0 saturated carbocycles. The first kappa shape index (κ1) is 21.0. The summed E-state index contributed by atoms with van der Waals surface area (Å²) in [5.74, 6) is 2.07. The van der Waals surface area contributed by atoms with Gasteiger partial charge in [-0.25, -0.2) is 0 Å². The summed E-state index contributed by atoms with van der Waals surface area (Å²) >= 11 is 5.97. The molecule has 1 heterocycles. The second kappa shape index (κ2) is 9.27. The number of hydrogen-bond acceptors (Lipinski definition) is 3. The molecule has 5 heteroatoms. The minimum absolute atomic E-state index is 0.0217. The predicted octanol–water partition coefficient (Wildman–Crippen LogP) is 7.13. The minimum atomic E-state index is -0.0217. The van der Waals surface area contributed by atoms with Crippen molar-refractivity contribution in [3.8, 4) is 17.2 Å². The van der Waals surface area contributed by atoms with E-state index in [1.54, 1.807) is 43.5 Å². The highest BCUT2D eigenvalue weighted by atomic mass is 35.5. The summed E-state index contributed by atoms with van der Waals surface area (Å²) < 4.78 is 13.4. The van der Waals surface area contributed by atoms with Crippen LogP contribution < -0.4 is 9.47 Å². The van der Waals surface area contributed by atoms with E-state index < -0.39 is 0 Å². The molecule has 0 amide bonds. The van der Waals surface area contributed by atoms with Crippen molar-refractivity contribution in [2.75, 3.05) is 7.11 Å². The third kappa shape index (κ3) is 4.59. The van der Waals surface area contributed by atoms with Gasteiger partial charge in [0.05, 0.1) is 7.11 Å². The summed E-state index contributed by atoms with van der Waals surface area (Å²) in [6, 6.07) is 20.3. The molecule has 4 rings (SSSR count). The van der Waals surface area contributed by atoms with Gasteiger partial charge in [0, 0.05) is 39.8 Å². The molecule has 0 spiro atoms. The minimum Gasteiger partial charge on any atom is -0.497 e. The van der Waals surface area contributed by atoms with E-state index >= 15 is 0 Å². The molecule has 4 aromatic rings. The van der Waals surface area contributed by atoms with E-state index in [2.05, 4.69) is 11.5 Å². The van der Waals surface area contributed by atoms with Gasteiger partial charge in [-0.15, -0.1) is 0 Å². The Bertz CT molecular complexity index is 1190. The number of carbonyl (C=O) groups is 1. The van der Waals surface area contributed by atoms with Gasteiger partial charge in [0.25, 0.3) is 0 Å². The fraction of sp³-hybridized carbons (Fsp3) is 0.192. The van der Waals surface area contributed by atoms with Gasteiger partial charge in [-0.05, 0) is 73.2 Å². The van der Waals surface area contributed by atoms with Crippen LogP contribution in [0.15, 0.2) is 72.9 Å². The largest absolute Gasteiger partial charge is 0.497 e. The van der Waals surface area contributed by atoms with Gasteiger partial charge < -0.3 is 14.0 Å². The second-order valence-electron chi connectivity index (χ2n) is 7.38. The summed E-state index contributed by atoms with van der Waals surface area (Å²) in [7, 11) is 1.61. The Balaban J connectivity index is 1.74. The van der Waals surface area contributed by atoms with Crippen LogP contribution in [-0.4, -0.2) is 17.5 Å². The van der Waals surface area contributed by atoms with E-state index in [1.165, 1.54) is 0 Å². The van der Waals surface area contributed by atoms with Crippen molar-refractivity contribution in [1.82, 2.24) is 4.57 Å². The summed E-state index contributed by atoms with van der Waals surface area (Å²) in [6.45, 7) is 3.02. The molecule has 0 radical (unpaired) electrons. The van der Waals surface area contributed by atoms with Gasteiger partial charge >= 0.3 is 0 Å². The van der Waals surface area contributed by atoms with Crippen molar-refractivity contribution < 1.29 is 14.3 Å². The second-order valence-corrected chi connectivity index (χ2v) is 7.82. The van der Waals surface area contributed by atoms with Gasteiger partial charge in [0.1, 0.15) is 17.2 Å². The van der Waals surface area contributed by atoms with Crippen molar-refractivity contribution in [2.24, 2.45) is 0 Å². The standard InChI is InChI=1S/C26H24ClNO3/c1-3-4-15-28-17-24(26(29)18-5-9-20(30-2)10-6-18)23-16-22(13-14-25(23)28)31-21-11-7-19(27)8-12-21/h5-14,16-17H,3-4,15H2,1-2H3. The third-order valence-corrected chi connectivity index (χ3v) is 5.50. The number of rotatable bonds is 8. The maximum absolute atomic E-state index is 13.3. The SMILES string of the molecule is CCCCn1cc(C(=O)c2ccc(OC)cc2)c2cc(Oc3ccc(Cl)cc3)ccc21. The van der Waals surface area contributed by atoms with Crippen LogP contribution in [0.5, 0.6) is 17.2 Å². The molecule has 0 saturated heterocycles. The van der Waals surface area contributed by atoms with Crippen molar-refractivity contribution in [3.63, 3.8) is 0 Å². The van der Waals surface area contributed by atoms with Crippen molar-refractivity contribution in [1.29, 1.82) is 0 Å². The monoisotopic (exact) mass is 433 g/mol. The molecule has 4 nitrogen and oxygen atoms in total. The molecule has 0 aliphatic rings. The maximum atomic E-state index is 13.3. The molecule has 3 aromatic carbocycles. The van der Waals surface area contributed by atoms with Crippen LogP contribution in [0.1, 0.15) is 35.7 Å². The van der Waals surface area contributed by atoms with Crippen LogP contribution in [0.25, 0.3) is 10.9 Å². The van der Waals surface area contributed by atoms with E-state index in [-0.39, 0.29) is 5.78 Å². The number of fused-ring (bicyclic) bond motifs is 1. The summed E-state index contributed by atoms with van der Waals surface area (Å²) in [6.07, 6.45) is 4.08. The molecule has 0 unspecified atom stereocenters.